The third kappa shape index (κ3) is 6.04. The summed E-state index contributed by atoms with van der Waals surface area (Å²) in [5.74, 6) is -0.595. The minimum Gasteiger partial charge on any atom is -0.460 e. The Bertz CT molecular complexity index is 435. The molecule has 0 aromatic heterocycles. The second kappa shape index (κ2) is 5.90. The number of esters is 1. The van der Waals surface area contributed by atoms with E-state index in [1.807, 2.05) is 0 Å². The Morgan fingerprint density at radius 2 is 1.63 bits per heavy atom. The molecule has 19 heavy (non-hydrogen) atoms. The summed E-state index contributed by atoms with van der Waals surface area (Å²) in [6.07, 6.45) is 0.0916. The van der Waals surface area contributed by atoms with Crippen LogP contribution in [0.15, 0.2) is 0 Å². The Balaban J connectivity index is 2.35. The summed E-state index contributed by atoms with van der Waals surface area (Å²) >= 11 is 0. The van der Waals surface area contributed by atoms with Gasteiger partial charge in [0.05, 0.1) is 17.9 Å². The van der Waals surface area contributed by atoms with Crippen LogP contribution in [0.4, 0.5) is 0 Å². The van der Waals surface area contributed by atoms with Crippen LogP contribution in [-0.4, -0.2) is 55.4 Å². The molecule has 110 valence electrons. The lowest BCUT2D eigenvalue weighted by Gasteiger charge is -2.27. The van der Waals surface area contributed by atoms with Gasteiger partial charge in [-0.15, -0.1) is 0 Å². The van der Waals surface area contributed by atoms with Gasteiger partial charge >= 0.3 is 5.97 Å². The van der Waals surface area contributed by atoms with E-state index >= 15 is 0 Å². The van der Waals surface area contributed by atoms with E-state index in [0.717, 1.165) is 0 Å². The first-order valence-electron chi connectivity index (χ1n) is 6.29. The summed E-state index contributed by atoms with van der Waals surface area (Å²) in [5.41, 5.74) is -0.556. The SMILES string of the molecule is CC(C)(C)OC(=O)CCC(=O)N1CCS(=O)(=O)CC1. The fourth-order valence-electron chi connectivity index (χ4n) is 1.72. The average molecular weight is 291 g/mol. The number of hydrogen-bond acceptors (Lipinski definition) is 5. The number of hydrogen-bond donors (Lipinski definition) is 0. The predicted molar refractivity (Wildman–Crippen MR) is 70.3 cm³/mol. The third-order valence-corrected chi connectivity index (χ3v) is 4.27. The highest BCUT2D eigenvalue weighted by Gasteiger charge is 2.25. The standard InChI is InChI=1S/C12H21NO5S/c1-12(2,3)18-11(15)5-4-10(14)13-6-8-19(16,17)9-7-13/h4-9H2,1-3H3. The maximum atomic E-state index is 11.8. The largest absolute Gasteiger partial charge is 0.460 e. The van der Waals surface area contributed by atoms with E-state index in [2.05, 4.69) is 0 Å². The molecule has 0 N–H and O–H groups in total. The van der Waals surface area contributed by atoms with Crippen molar-refractivity contribution < 1.29 is 22.7 Å². The van der Waals surface area contributed by atoms with E-state index in [0.29, 0.717) is 0 Å². The molecule has 1 rings (SSSR count). The summed E-state index contributed by atoms with van der Waals surface area (Å²) in [5, 5.41) is 0. The molecule has 0 radical (unpaired) electrons. The fraction of sp³-hybridized carbons (Fsp3) is 0.833. The molecule has 0 aromatic carbocycles. The van der Waals surface area contributed by atoms with Gasteiger partial charge in [-0.25, -0.2) is 8.42 Å². The lowest BCUT2D eigenvalue weighted by molar-refractivity contribution is -0.156. The minimum atomic E-state index is -2.99. The van der Waals surface area contributed by atoms with Crippen LogP contribution in [0, 0.1) is 0 Å². The van der Waals surface area contributed by atoms with Crippen molar-refractivity contribution in [3.8, 4) is 0 Å². The van der Waals surface area contributed by atoms with Crippen molar-refractivity contribution >= 4 is 21.7 Å². The molecule has 1 amide bonds. The summed E-state index contributed by atoms with van der Waals surface area (Å²) < 4.78 is 27.6. The lowest BCUT2D eigenvalue weighted by atomic mass is 10.2. The van der Waals surface area contributed by atoms with Crippen LogP contribution in [0.3, 0.4) is 0 Å². The van der Waals surface area contributed by atoms with E-state index in [9.17, 15) is 18.0 Å². The van der Waals surface area contributed by atoms with Crippen LogP contribution >= 0.6 is 0 Å². The Morgan fingerprint density at radius 1 is 1.11 bits per heavy atom. The molecule has 0 saturated carbocycles. The van der Waals surface area contributed by atoms with Crippen molar-refractivity contribution in [1.29, 1.82) is 0 Å². The molecule has 0 bridgehead atoms. The predicted octanol–water partition coefficient (Wildman–Crippen LogP) is 0.365. The molecule has 0 aromatic rings. The zero-order valence-electron chi connectivity index (χ0n) is 11.6. The normalized spacial score (nSPS) is 19.0. The summed E-state index contributed by atoms with van der Waals surface area (Å²) in [6, 6.07) is 0. The van der Waals surface area contributed by atoms with Gasteiger partial charge in [0.1, 0.15) is 5.60 Å². The molecule has 0 spiro atoms. The quantitative estimate of drug-likeness (QED) is 0.702. The fourth-order valence-corrected chi connectivity index (χ4v) is 2.92. The van der Waals surface area contributed by atoms with Gasteiger partial charge in [0.25, 0.3) is 0 Å². The van der Waals surface area contributed by atoms with Crippen LogP contribution in [0.2, 0.25) is 0 Å². The number of amides is 1. The van der Waals surface area contributed by atoms with Gasteiger partial charge < -0.3 is 9.64 Å². The Labute approximate surface area is 114 Å². The van der Waals surface area contributed by atoms with Gasteiger partial charge in [0.2, 0.25) is 5.91 Å². The van der Waals surface area contributed by atoms with E-state index in [-0.39, 0.29) is 43.3 Å². The van der Waals surface area contributed by atoms with Gasteiger partial charge in [0, 0.05) is 19.5 Å². The van der Waals surface area contributed by atoms with Gasteiger partial charge in [-0.05, 0) is 20.8 Å². The number of nitrogens with zero attached hydrogens (tertiary/aromatic N) is 1. The van der Waals surface area contributed by atoms with Gasteiger partial charge in [-0.1, -0.05) is 0 Å². The highest BCUT2D eigenvalue weighted by atomic mass is 32.2. The minimum absolute atomic E-state index is 0.00514. The molecular weight excluding hydrogens is 270 g/mol. The van der Waals surface area contributed by atoms with Crippen molar-refractivity contribution in [2.24, 2.45) is 0 Å². The molecule has 1 saturated heterocycles. The molecule has 1 aliphatic heterocycles. The maximum Gasteiger partial charge on any atom is 0.306 e. The number of sulfone groups is 1. The smallest absolute Gasteiger partial charge is 0.306 e. The Hall–Kier alpha value is -1.11. The number of carbonyl (C=O) groups excluding carboxylic acids is 2. The van der Waals surface area contributed by atoms with Crippen molar-refractivity contribution in [2.75, 3.05) is 24.6 Å². The lowest BCUT2D eigenvalue weighted by Crippen LogP contribution is -2.43. The third-order valence-electron chi connectivity index (χ3n) is 2.66. The number of carbonyl (C=O) groups is 2. The molecule has 1 heterocycles. The zero-order chi connectivity index (χ0) is 14.7. The highest BCUT2D eigenvalue weighted by molar-refractivity contribution is 7.91. The van der Waals surface area contributed by atoms with E-state index < -0.39 is 21.4 Å². The van der Waals surface area contributed by atoms with Gasteiger partial charge in [0.15, 0.2) is 9.84 Å². The molecule has 7 heteroatoms. The highest BCUT2D eigenvalue weighted by Crippen LogP contribution is 2.11. The summed E-state index contributed by atoms with van der Waals surface area (Å²) in [6.45, 7) is 5.73. The molecule has 1 aliphatic rings. The van der Waals surface area contributed by atoms with Crippen molar-refractivity contribution in [2.45, 2.75) is 39.2 Å². The summed E-state index contributed by atoms with van der Waals surface area (Å²) in [4.78, 5) is 24.8. The van der Waals surface area contributed by atoms with Crippen LogP contribution in [-0.2, 0) is 24.2 Å². The Kier molecular flexibility index (Phi) is 4.95. The molecule has 0 unspecified atom stereocenters. The van der Waals surface area contributed by atoms with Crippen molar-refractivity contribution in [3.63, 3.8) is 0 Å². The van der Waals surface area contributed by atoms with E-state index in [1.165, 1.54) is 4.90 Å². The molecule has 0 aliphatic carbocycles. The first-order valence-corrected chi connectivity index (χ1v) is 8.11. The monoisotopic (exact) mass is 291 g/mol. The number of rotatable bonds is 3. The van der Waals surface area contributed by atoms with Crippen molar-refractivity contribution in [3.05, 3.63) is 0 Å². The van der Waals surface area contributed by atoms with Crippen molar-refractivity contribution in [1.82, 2.24) is 4.90 Å². The maximum absolute atomic E-state index is 11.8. The van der Waals surface area contributed by atoms with Crippen LogP contribution in [0.5, 0.6) is 0 Å². The van der Waals surface area contributed by atoms with Gasteiger partial charge in [-0.3, -0.25) is 9.59 Å². The average Bonchev–Trinajstić information content (AvgIpc) is 2.23. The first-order chi connectivity index (χ1) is 8.59. The molecule has 6 nitrogen and oxygen atoms in total. The molecule has 1 fully saturated rings. The molecular formula is C12H21NO5S. The molecule has 0 atom stereocenters. The van der Waals surface area contributed by atoms with E-state index in [4.69, 9.17) is 4.74 Å². The Morgan fingerprint density at radius 3 is 2.11 bits per heavy atom. The summed E-state index contributed by atoms with van der Waals surface area (Å²) in [7, 11) is -2.99. The van der Waals surface area contributed by atoms with Gasteiger partial charge in [-0.2, -0.15) is 0 Å². The van der Waals surface area contributed by atoms with Crippen LogP contribution in [0.25, 0.3) is 0 Å². The first kappa shape index (κ1) is 15.9. The topological polar surface area (TPSA) is 80.8 Å². The number of ether oxygens (including phenoxy) is 1. The zero-order valence-corrected chi connectivity index (χ0v) is 12.5. The van der Waals surface area contributed by atoms with E-state index in [1.54, 1.807) is 20.8 Å². The van der Waals surface area contributed by atoms with Crippen LogP contribution in [0.1, 0.15) is 33.6 Å². The van der Waals surface area contributed by atoms with Crippen LogP contribution < -0.4 is 0 Å². The second-order valence-electron chi connectivity index (χ2n) is 5.62. The second-order valence-corrected chi connectivity index (χ2v) is 7.92.